The second kappa shape index (κ2) is 7.60. The number of fused-ring (bicyclic) bond motifs is 1. The molecule has 6 nitrogen and oxygen atoms in total. The van der Waals surface area contributed by atoms with Crippen molar-refractivity contribution in [2.45, 2.75) is 31.8 Å². The average molecular weight is 435 g/mol. The summed E-state index contributed by atoms with van der Waals surface area (Å²) >= 11 is 0. The van der Waals surface area contributed by atoms with Gasteiger partial charge in [-0.2, -0.15) is 13.2 Å². The van der Waals surface area contributed by atoms with E-state index >= 15 is 0 Å². The molecule has 0 aliphatic carbocycles. The summed E-state index contributed by atoms with van der Waals surface area (Å²) in [6.45, 7) is 1.55. The monoisotopic (exact) mass is 435 g/mol. The van der Waals surface area contributed by atoms with Crippen molar-refractivity contribution in [2.24, 2.45) is 0 Å². The van der Waals surface area contributed by atoms with Crippen molar-refractivity contribution in [2.75, 3.05) is 0 Å². The van der Waals surface area contributed by atoms with Gasteiger partial charge in [0.2, 0.25) is 0 Å². The number of hydrogen-bond acceptors (Lipinski definition) is 3. The number of rotatable bonds is 3. The number of halogens is 4. The molecule has 1 fully saturated rings. The number of carbonyl (C=O) groups excluding carboxylic acids is 2. The first-order valence-electron chi connectivity index (χ1n) is 9.35. The predicted octanol–water partition coefficient (Wildman–Crippen LogP) is 5.12. The molecule has 1 saturated heterocycles. The van der Waals surface area contributed by atoms with Gasteiger partial charge < -0.3 is 15.0 Å². The lowest BCUT2D eigenvalue weighted by Crippen LogP contribution is -2.44. The number of ether oxygens (including phenoxy) is 1. The van der Waals surface area contributed by atoms with Crippen LogP contribution in [0.5, 0.6) is 0 Å². The molecule has 2 aromatic carbocycles. The first-order valence-corrected chi connectivity index (χ1v) is 9.35. The number of alkyl halides is 3. The normalized spacial score (nSPS) is 19.0. The number of amides is 3. The van der Waals surface area contributed by atoms with Crippen molar-refractivity contribution in [3.05, 3.63) is 71.2 Å². The molecule has 0 radical (unpaired) electrons. The van der Waals surface area contributed by atoms with E-state index in [1.54, 1.807) is 12.3 Å². The number of H-pyrrole nitrogens is 1. The second-order valence-electron chi connectivity index (χ2n) is 7.20. The third-order valence-corrected chi connectivity index (χ3v) is 5.17. The number of benzene rings is 2. The molecule has 2 heterocycles. The van der Waals surface area contributed by atoms with Crippen molar-refractivity contribution in [3.63, 3.8) is 0 Å². The van der Waals surface area contributed by atoms with Crippen LogP contribution in [0.4, 0.5) is 27.2 Å². The maximum Gasteiger partial charge on any atom is 0.419 e. The van der Waals surface area contributed by atoms with Crippen LogP contribution in [0.25, 0.3) is 10.9 Å². The van der Waals surface area contributed by atoms with Gasteiger partial charge in [0.15, 0.2) is 0 Å². The van der Waals surface area contributed by atoms with E-state index in [1.807, 2.05) is 18.2 Å². The molecular weight excluding hydrogens is 418 g/mol. The quantitative estimate of drug-likeness (QED) is 0.561. The Labute approximate surface area is 173 Å². The summed E-state index contributed by atoms with van der Waals surface area (Å²) in [5.74, 6) is -1.12. The van der Waals surface area contributed by atoms with Crippen molar-refractivity contribution < 1.29 is 31.9 Å². The number of nitrogens with zero attached hydrogens (tertiary/aromatic N) is 1. The van der Waals surface area contributed by atoms with Gasteiger partial charge in [-0.15, -0.1) is 0 Å². The van der Waals surface area contributed by atoms with Gasteiger partial charge in [0, 0.05) is 12.7 Å². The summed E-state index contributed by atoms with van der Waals surface area (Å²) in [5.41, 5.74) is 0.233. The fraction of sp³-hybridized carbons (Fsp3) is 0.238. The summed E-state index contributed by atoms with van der Waals surface area (Å²) in [5, 5.41) is 3.57. The molecule has 31 heavy (non-hydrogen) atoms. The van der Waals surface area contributed by atoms with Gasteiger partial charge >= 0.3 is 18.3 Å². The molecule has 2 atom stereocenters. The molecule has 0 unspecified atom stereocenters. The molecule has 0 spiro atoms. The minimum Gasteiger partial charge on any atom is -0.439 e. The van der Waals surface area contributed by atoms with Crippen LogP contribution in [-0.2, 0) is 17.5 Å². The molecule has 3 amide bonds. The van der Waals surface area contributed by atoms with Crippen LogP contribution in [0, 0.1) is 5.82 Å². The average Bonchev–Trinajstić information content (AvgIpc) is 3.29. The number of aromatic nitrogens is 1. The zero-order valence-corrected chi connectivity index (χ0v) is 16.2. The lowest BCUT2D eigenvalue weighted by Gasteiger charge is -2.20. The van der Waals surface area contributed by atoms with Crippen LogP contribution in [0.1, 0.15) is 29.7 Å². The summed E-state index contributed by atoms with van der Waals surface area (Å²) in [6, 6.07) is 7.61. The van der Waals surface area contributed by atoms with Crippen LogP contribution in [-0.4, -0.2) is 28.1 Å². The highest BCUT2D eigenvalue weighted by Crippen LogP contribution is 2.37. The fourth-order valence-corrected chi connectivity index (χ4v) is 3.67. The standard InChI is InChI=1S/C21H17F4N3O3/c1-11-18(14-7-15(21(23,24)25)9-16(22)8-14)31-20(30)28(11)19(29)27-10-13-4-2-3-12-5-6-26-17(12)13/h2-9,11,18,26H,10H2,1H3,(H,27,29)/t11-,18-/m0/s1. The van der Waals surface area contributed by atoms with E-state index < -0.39 is 41.8 Å². The van der Waals surface area contributed by atoms with Crippen molar-refractivity contribution in [3.8, 4) is 0 Å². The Morgan fingerprint density at radius 3 is 2.74 bits per heavy atom. The number of carbonyl (C=O) groups is 2. The van der Waals surface area contributed by atoms with Gasteiger partial charge in [0.1, 0.15) is 11.9 Å². The molecule has 0 bridgehead atoms. The summed E-state index contributed by atoms with van der Waals surface area (Å²) < 4.78 is 57.9. The maximum atomic E-state index is 13.8. The number of aromatic amines is 1. The van der Waals surface area contributed by atoms with Gasteiger partial charge in [-0.1, -0.05) is 18.2 Å². The van der Waals surface area contributed by atoms with Crippen molar-refractivity contribution in [1.82, 2.24) is 15.2 Å². The highest BCUT2D eigenvalue weighted by atomic mass is 19.4. The molecule has 10 heteroatoms. The number of urea groups is 1. The van der Waals surface area contributed by atoms with Gasteiger partial charge in [0.25, 0.3) is 0 Å². The lowest BCUT2D eigenvalue weighted by atomic mass is 10.0. The highest BCUT2D eigenvalue weighted by molar-refractivity contribution is 5.93. The third-order valence-electron chi connectivity index (χ3n) is 5.17. The van der Waals surface area contributed by atoms with Crippen LogP contribution in [0.3, 0.4) is 0 Å². The summed E-state index contributed by atoms with van der Waals surface area (Å²) in [4.78, 5) is 28.8. The number of imide groups is 1. The van der Waals surface area contributed by atoms with Crippen LogP contribution in [0.15, 0.2) is 48.7 Å². The van der Waals surface area contributed by atoms with Gasteiger partial charge in [-0.3, -0.25) is 0 Å². The van der Waals surface area contributed by atoms with E-state index in [-0.39, 0.29) is 12.1 Å². The Bertz CT molecular complexity index is 1160. The molecule has 1 aliphatic rings. The largest absolute Gasteiger partial charge is 0.439 e. The van der Waals surface area contributed by atoms with Crippen LogP contribution >= 0.6 is 0 Å². The second-order valence-corrected chi connectivity index (χ2v) is 7.20. The van der Waals surface area contributed by atoms with Crippen molar-refractivity contribution >= 4 is 23.0 Å². The Morgan fingerprint density at radius 2 is 2.00 bits per heavy atom. The zero-order chi connectivity index (χ0) is 22.3. The van der Waals surface area contributed by atoms with E-state index in [0.29, 0.717) is 12.1 Å². The van der Waals surface area contributed by atoms with E-state index in [2.05, 4.69) is 10.3 Å². The molecule has 4 rings (SSSR count). The highest BCUT2D eigenvalue weighted by Gasteiger charge is 2.44. The first kappa shape index (κ1) is 20.7. The van der Waals surface area contributed by atoms with E-state index in [9.17, 15) is 27.2 Å². The SMILES string of the molecule is C[C@H]1[C@@H](c2cc(F)cc(C(F)(F)F)c2)OC(=O)N1C(=O)NCc1cccc2cc[nH]c12. The summed E-state index contributed by atoms with van der Waals surface area (Å²) in [6.07, 6.45) is -5.26. The third kappa shape index (κ3) is 3.92. The maximum absolute atomic E-state index is 13.8. The van der Waals surface area contributed by atoms with Crippen LogP contribution < -0.4 is 5.32 Å². The Balaban J connectivity index is 1.52. The number of para-hydroxylation sites is 1. The number of hydrogen-bond donors (Lipinski definition) is 2. The number of nitrogens with one attached hydrogen (secondary N) is 2. The Hall–Kier alpha value is -3.56. The number of cyclic esters (lactones) is 1. The van der Waals surface area contributed by atoms with E-state index in [0.717, 1.165) is 27.4 Å². The fourth-order valence-electron chi connectivity index (χ4n) is 3.67. The zero-order valence-electron chi connectivity index (χ0n) is 16.2. The Morgan fingerprint density at radius 1 is 1.23 bits per heavy atom. The van der Waals surface area contributed by atoms with Gasteiger partial charge in [-0.25, -0.2) is 18.9 Å². The smallest absolute Gasteiger partial charge is 0.419 e. The van der Waals surface area contributed by atoms with Crippen LogP contribution in [0.2, 0.25) is 0 Å². The lowest BCUT2D eigenvalue weighted by molar-refractivity contribution is -0.137. The Kier molecular flexibility index (Phi) is 5.08. The van der Waals surface area contributed by atoms with E-state index in [1.165, 1.54) is 6.92 Å². The minimum atomic E-state index is -4.77. The van der Waals surface area contributed by atoms with Gasteiger partial charge in [-0.05, 0) is 47.7 Å². The first-order chi connectivity index (χ1) is 14.6. The predicted molar refractivity (Wildman–Crippen MR) is 102 cm³/mol. The molecule has 0 saturated carbocycles. The van der Waals surface area contributed by atoms with Gasteiger partial charge in [0.05, 0.1) is 17.1 Å². The molecular formula is C21H17F4N3O3. The molecule has 1 aliphatic heterocycles. The molecule has 1 aromatic heterocycles. The minimum absolute atomic E-state index is 0.107. The topological polar surface area (TPSA) is 74.4 Å². The van der Waals surface area contributed by atoms with E-state index in [4.69, 9.17) is 4.74 Å². The molecule has 2 N–H and O–H groups in total. The summed E-state index contributed by atoms with van der Waals surface area (Å²) in [7, 11) is 0. The van der Waals surface area contributed by atoms with Crippen molar-refractivity contribution in [1.29, 1.82) is 0 Å². The molecule has 162 valence electrons. The molecule has 3 aromatic rings.